The number of benzene rings is 2. The van der Waals surface area contributed by atoms with E-state index in [1.54, 1.807) is 0 Å². The monoisotopic (exact) mass is 303 g/mol. The van der Waals surface area contributed by atoms with Crippen molar-refractivity contribution in [3.63, 3.8) is 0 Å². The van der Waals surface area contributed by atoms with Crippen LogP contribution in [-0.2, 0) is 22.4 Å². The first-order valence-corrected chi connectivity index (χ1v) is 7.91. The van der Waals surface area contributed by atoms with Crippen LogP contribution in [0.25, 0.3) is 0 Å². The zero-order chi connectivity index (χ0) is 15.8. The molecule has 0 radical (unpaired) electrons. The molecule has 0 aromatic heterocycles. The van der Waals surface area contributed by atoms with Crippen molar-refractivity contribution in [3.05, 3.63) is 83.4 Å². The van der Waals surface area contributed by atoms with Gasteiger partial charge in [-0.1, -0.05) is 54.6 Å². The molecule has 0 N–H and O–H groups in total. The van der Waals surface area contributed by atoms with Crippen molar-refractivity contribution in [1.29, 1.82) is 0 Å². The van der Waals surface area contributed by atoms with E-state index in [0.29, 0.717) is 0 Å². The molecule has 2 aromatic carbocycles. The molecule has 0 bridgehead atoms. The van der Waals surface area contributed by atoms with Gasteiger partial charge in [0.05, 0.1) is 6.04 Å². The summed E-state index contributed by atoms with van der Waals surface area (Å²) in [6, 6.07) is 18.2. The maximum Gasteiger partial charge on any atom is 0.254 e. The zero-order valence-corrected chi connectivity index (χ0v) is 12.7. The van der Waals surface area contributed by atoms with Gasteiger partial charge in [-0.3, -0.25) is 14.5 Å². The van der Waals surface area contributed by atoms with Gasteiger partial charge in [-0.05, 0) is 35.4 Å². The second kappa shape index (κ2) is 5.51. The van der Waals surface area contributed by atoms with Crippen LogP contribution in [-0.4, -0.2) is 16.7 Å². The Morgan fingerprint density at radius 3 is 2.26 bits per heavy atom. The highest BCUT2D eigenvalue weighted by Gasteiger charge is 2.41. The van der Waals surface area contributed by atoms with Gasteiger partial charge in [-0.15, -0.1) is 0 Å². The highest BCUT2D eigenvalue weighted by Crippen LogP contribution is 2.42. The molecule has 1 aliphatic carbocycles. The standard InChI is InChI=1S/C20H17NO2/c22-18-10-11-19(23)21(18)20-16(12-14-6-2-1-3-7-14)13-15-8-4-5-9-17(15)20/h1-11,16,20H,12-13H2/t16-,20-/m0/s1. The summed E-state index contributed by atoms with van der Waals surface area (Å²) in [4.78, 5) is 25.8. The van der Waals surface area contributed by atoms with Gasteiger partial charge >= 0.3 is 0 Å². The Balaban J connectivity index is 1.71. The summed E-state index contributed by atoms with van der Waals surface area (Å²) >= 11 is 0. The first-order chi connectivity index (χ1) is 11.2. The van der Waals surface area contributed by atoms with Gasteiger partial charge in [0.25, 0.3) is 11.8 Å². The smallest absolute Gasteiger partial charge is 0.254 e. The molecule has 0 saturated heterocycles. The second-order valence-electron chi connectivity index (χ2n) is 6.18. The van der Waals surface area contributed by atoms with Crippen molar-refractivity contribution in [2.45, 2.75) is 18.9 Å². The van der Waals surface area contributed by atoms with E-state index in [0.717, 1.165) is 18.4 Å². The third-order valence-electron chi connectivity index (χ3n) is 4.76. The molecule has 2 atom stereocenters. The van der Waals surface area contributed by atoms with Crippen molar-refractivity contribution in [2.75, 3.05) is 0 Å². The average molecular weight is 303 g/mol. The maximum atomic E-state index is 12.2. The lowest BCUT2D eigenvalue weighted by Gasteiger charge is -2.29. The van der Waals surface area contributed by atoms with E-state index in [2.05, 4.69) is 18.2 Å². The number of rotatable bonds is 3. The molecule has 2 aliphatic rings. The van der Waals surface area contributed by atoms with Crippen LogP contribution in [0.4, 0.5) is 0 Å². The van der Waals surface area contributed by atoms with Crippen LogP contribution in [0, 0.1) is 5.92 Å². The van der Waals surface area contributed by atoms with E-state index in [1.807, 2.05) is 36.4 Å². The number of carbonyl (C=O) groups is 2. The molecule has 1 heterocycles. The van der Waals surface area contributed by atoms with E-state index in [1.165, 1.54) is 28.2 Å². The van der Waals surface area contributed by atoms with Gasteiger partial charge in [-0.2, -0.15) is 0 Å². The predicted octanol–water partition coefficient (Wildman–Crippen LogP) is 3.07. The Labute approximate surface area is 135 Å². The zero-order valence-electron chi connectivity index (χ0n) is 12.7. The van der Waals surface area contributed by atoms with Crippen LogP contribution in [0.15, 0.2) is 66.7 Å². The summed E-state index contributed by atoms with van der Waals surface area (Å²) in [5, 5.41) is 0. The predicted molar refractivity (Wildman–Crippen MR) is 87.5 cm³/mol. The number of hydrogen-bond donors (Lipinski definition) is 0. The Kier molecular flexibility index (Phi) is 3.34. The molecule has 3 heteroatoms. The lowest BCUT2D eigenvalue weighted by molar-refractivity contribution is -0.140. The summed E-state index contributed by atoms with van der Waals surface area (Å²) in [6.45, 7) is 0. The number of amides is 2. The number of fused-ring (bicyclic) bond motifs is 1. The summed E-state index contributed by atoms with van der Waals surface area (Å²) in [5.41, 5.74) is 3.59. The van der Waals surface area contributed by atoms with Crippen molar-refractivity contribution < 1.29 is 9.59 Å². The normalized spacial score (nSPS) is 22.7. The molecule has 114 valence electrons. The van der Waals surface area contributed by atoms with E-state index in [9.17, 15) is 9.59 Å². The van der Waals surface area contributed by atoms with Gasteiger partial charge in [0.2, 0.25) is 0 Å². The molecule has 0 unspecified atom stereocenters. The molecule has 3 nitrogen and oxygen atoms in total. The topological polar surface area (TPSA) is 37.4 Å². The third kappa shape index (κ3) is 2.38. The number of imide groups is 1. The molecule has 2 amide bonds. The van der Waals surface area contributed by atoms with Gasteiger partial charge in [0.1, 0.15) is 0 Å². The quantitative estimate of drug-likeness (QED) is 0.817. The van der Waals surface area contributed by atoms with E-state index >= 15 is 0 Å². The van der Waals surface area contributed by atoms with Crippen LogP contribution >= 0.6 is 0 Å². The second-order valence-corrected chi connectivity index (χ2v) is 6.18. The lowest BCUT2D eigenvalue weighted by Crippen LogP contribution is -2.37. The summed E-state index contributed by atoms with van der Waals surface area (Å²) in [7, 11) is 0. The van der Waals surface area contributed by atoms with Crippen LogP contribution < -0.4 is 0 Å². The van der Waals surface area contributed by atoms with E-state index < -0.39 is 0 Å². The number of nitrogens with zero attached hydrogens (tertiary/aromatic N) is 1. The van der Waals surface area contributed by atoms with Crippen LogP contribution in [0.2, 0.25) is 0 Å². The average Bonchev–Trinajstić information content (AvgIpc) is 3.08. The minimum atomic E-state index is -0.199. The third-order valence-corrected chi connectivity index (χ3v) is 4.76. The Morgan fingerprint density at radius 2 is 1.52 bits per heavy atom. The van der Waals surface area contributed by atoms with Gasteiger partial charge in [0, 0.05) is 12.2 Å². The molecule has 0 fully saturated rings. The van der Waals surface area contributed by atoms with Gasteiger partial charge in [0.15, 0.2) is 0 Å². The van der Waals surface area contributed by atoms with Crippen LogP contribution in [0.5, 0.6) is 0 Å². The summed E-state index contributed by atoms with van der Waals surface area (Å²) in [6.07, 6.45) is 4.51. The first kappa shape index (κ1) is 13.9. The van der Waals surface area contributed by atoms with Crippen LogP contribution in [0.1, 0.15) is 22.7 Å². The number of carbonyl (C=O) groups excluding carboxylic acids is 2. The minimum absolute atomic E-state index is 0.165. The molecular formula is C20H17NO2. The number of hydrogen-bond acceptors (Lipinski definition) is 2. The summed E-state index contributed by atoms with van der Waals surface area (Å²) in [5.74, 6) is -0.174. The molecular weight excluding hydrogens is 286 g/mol. The van der Waals surface area contributed by atoms with Crippen molar-refractivity contribution in [2.24, 2.45) is 5.92 Å². The van der Waals surface area contributed by atoms with Gasteiger partial charge < -0.3 is 0 Å². The Hall–Kier alpha value is -2.68. The molecule has 4 rings (SSSR count). The Morgan fingerprint density at radius 1 is 0.870 bits per heavy atom. The fraction of sp³-hybridized carbons (Fsp3) is 0.200. The van der Waals surface area contributed by atoms with E-state index in [4.69, 9.17) is 0 Å². The summed E-state index contributed by atoms with van der Waals surface area (Å²) < 4.78 is 0. The van der Waals surface area contributed by atoms with Crippen molar-refractivity contribution in [3.8, 4) is 0 Å². The molecule has 0 saturated carbocycles. The molecule has 2 aromatic rings. The molecule has 1 aliphatic heterocycles. The molecule has 0 spiro atoms. The fourth-order valence-electron chi connectivity index (χ4n) is 3.79. The van der Waals surface area contributed by atoms with E-state index in [-0.39, 0.29) is 23.8 Å². The van der Waals surface area contributed by atoms with Crippen molar-refractivity contribution >= 4 is 11.8 Å². The highest BCUT2D eigenvalue weighted by molar-refractivity contribution is 6.13. The van der Waals surface area contributed by atoms with Gasteiger partial charge in [-0.25, -0.2) is 0 Å². The Bertz CT molecular complexity index is 776. The minimum Gasteiger partial charge on any atom is -0.269 e. The van der Waals surface area contributed by atoms with Crippen molar-refractivity contribution in [1.82, 2.24) is 4.90 Å². The lowest BCUT2D eigenvalue weighted by atomic mass is 9.91. The largest absolute Gasteiger partial charge is 0.269 e. The first-order valence-electron chi connectivity index (χ1n) is 7.91. The van der Waals surface area contributed by atoms with Crippen LogP contribution in [0.3, 0.4) is 0 Å². The maximum absolute atomic E-state index is 12.2. The SMILES string of the molecule is O=C1C=CC(=O)N1[C@@H]1c2ccccc2C[C@@H]1Cc1ccccc1. The highest BCUT2D eigenvalue weighted by atomic mass is 16.2. The molecule has 23 heavy (non-hydrogen) atoms. The fourth-order valence-corrected chi connectivity index (χ4v) is 3.79.